The van der Waals surface area contributed by atoms with Gasteiger partial charge in [-0.05, 0) is 68.1 Å². The lowest BCUT2D eigenvalue weighted by Crippen LogP contribution is -2.50. The lowest BCUT2D eigenvalue weighted by Gasteiger charge is -2.38. The Balaban J connectivity index is 1.22. The Hall–Kier alpha value is -2.93. The van der Waals surface area contributed by atoms with Crippen molar-refractivity contribution >= 4 is 23.1 Å². The molecule has 2 aliphatic heterocycles. The van der Waals surface area contributed by atoms with Crippen LogP contribution in [0.3, 0.4) is 0 Å². The van der Waals surface area contributed by atoms with Gasteiger partial charge in [-0.15, -0.1) is 0 Å². The van der Waals surface area contributed by atoms with Gasteiger partial charge in [-0.1, -0.05) is 12.1 Å². The van der Waals surface area contributed by atoms with Crippen LogP contribution in [0.25, 0.3) is 0 Å². The molecular weight excluding hydrogens is 426 g/mol. The van der Waals surface area contributed by atoms with E-state index in [1.165, 1.54) is 42.5 Å². The number of anilines is 3. The zero-order valence-corrected chi connectivity index (χ0v) is 20.6. The van der Waals surface area contributed by atoms with Gasteiger partial charge in [-0.25, -0.2) is 4.79 Å². The van der Waals surface area contributed by atoms with Gasteiger partial charge in [-0.3, -0.25) is 0 Å². The molecule has 3 aliphatic rings. The highest BCUT2D eigenvalue weighted by Gasteiger charge is 2.25. The molecule has 2 aromatic rings. The Bertz CT molecular complexity index is 1010. The zero-order chi connectivity index (χ0) is 23.5. The number of methoxy groups -OCH3 is 1. The predicted molar refractivity (Wildman–Crippen MR) is 139 cm³/mol. The van der Waals surface area contributed by atoms with E-state index >= 15 is 0 Å². The van der Waals surface area contributed by atoms with Crippen LogP contribution in [0, 0.1) is 0 Å². The Morgan fingerprint density at radius 2 is 1.56 bits per heavy atom. The van der Waals surface area contributed by atoms with Crippen molar-refractivity contribution in [3.8, 4) is 5.75 Å². The van der Waals surface area contributed by atoms with Crippen LogP contribution in [0.4, 0.5) is 21.9 Å². The van der Waals surface area contributed by atoms with E-state index in [2.05, 4.69) is 51.3 Å². The molecule has 1 N–H and O–H groups in total. The predicted octanol–water partition coefficient (Wildman–Crippen LogP) is 3.68. The van der Waals surface area contributed by atoms with E-state index < -0.39 is 0 Å². The van der Waals surface area contributed by atoms with Gasteiger partial charge in [0.25, 0.3) is 0 Å². The Morgan fingerprint density at radius 1 is 0.853 bits per heavy atom. The number of hydrogen-bond donors (Lipinski definition) is 1. The van der Waals surface area contributed by atoms with Crippen LogP contribution in [0.1, 0.15) is 24.0 Å². The number of benzene rings is 2. The van der Waals surface area contributed by atoms with Crippen LogP contribution in [0.2, 0.25) is 0 Å². The lowest BCUT2D eigenvalue weighted by molar-refractivity contribution is 0.208. The van der Waals surface area contributed by atoms with Crippen LogP contribution in [-0.4, -0.2) is 82.3 Å². The maximum absolute atomic E-state index is 13.1. The molecule has 0 aromatic heterocycles. The van der Waals surface area contributed by atoms with E-state index in [0.29, 0.717) is 0 Å². The minimum absolute atomic E-state index is 0.0239. The quantitative estimate of drug-likeness (QED) is 0.750. The number of rotatable bonds is 4. The molecule has 0 bridgehead atoms. The third-order valence-electron chi connectivity index (χ3n) is 7.55. The van der Waals surface area contributed by atoms with Gasteiger partial charge in [0.15, 0.2) is 0 Å². The molecule has 2 aromatic carbocycles. The molecule has 0 radical (unpaired) electrons. The van der Waals surface area contributed by atoms with Crippen LogP contribution in [0.5, 0.6) is 5.75 Å². The van der Waals surface area contributed by atoms with Crippen LogP contribution in [-0.2, 0) is 12.8 Å². The van der Waals surface area contributed by atoms with Gasteiger partial charge >= 0.3 is 6.03 Å². The van der Waals surface area contributed by atoms with Crippen molar-refractivity contribution in [3.05, 3.63) is 47.5 Å². The fraction of sp³-hybridized carbons (Fsp3) is 0.519. The third kappa shape index (κ3) is 4.80. The normalized spacial score (nSPS) is 19.1. The summed E-state index contributed by atoms with van der Waals surface area (Å²) in [6.07, 6.45) is 4.96. The van der Waals surface area contributed by atoms with E-state index in [1.807, 2.05) is 17.0 Å². The number of ether oxygens (including phenoxy) is 1. The van der Waals surface area contributed by atoms with Crippen LogP contribution < -0.4 is 19.9 Å². The first-order valence-corrected chi connectivity index (χ1v) is 12.7. The van der Waals surface area contributed by atoms with Gasteiger partial charge < -0.3 is 29.7 Å². The first-order chi connectivity index (χ1) is 16.6. The molecule has 2 saturated heterocycles. The molecule has 0 atom stereocenters. The van der Waals surface area contributed by atoms with Crippen LogP contribution in [0.15, 0.2) is 36.4 Å². The Labute approximate surface area is 203 Å². The van der Waals surface area contributed by atoms with E-state index in [1.54, 1.807) is 7.11 Å². The van der Waals surface area contributed by atoms with Gasteiger partial charge in [0, 0.05) is 63.7 Å². The summed E-state index contributed by atoms with van der Waals surface area (Å²) in [4.78, 5) is 22.1. The maximum atomic E-state index is 13.1. The summed E-state index contributed by atoms with van der Waals surface area (Å²) in [6, 6.07) is 12.7. The molecule has 2 fully saturated rings. The van der Waals surface area contributed by atoms with E-state index in [9.17, 15) is 4.79 Å². The van der Waals surface area contributed by atoms with Crippen molar-refractivity contribution in [3.63, 3.8) is 0 Å². The fourth-order valence-corrected chi connectivity index (χ4v) is 5.47. The summed E-state index contributed by atoms with van der Waals surface area (Å²) in [5, 5.41) is 3.13. The first kappa shape index (κ1) is 22.8. The Morgan fingerprint density at radius 3 is 2.32 bits per heavy atom. The van der Waals surface area contributed by atoms with Gasteiger partial charge in [0.2, 0.25) is 0 Å². The third-order valence-corrected chi connectivity index (χ3v) is 7.55. The summed E-state index contributed by atoms with van der Waals surface area (Å²) < 4.78 is 5.61. The van der Waals surface area contributed by atoms with E-state index in [4.69, 9.17) is 4.74 Å². The molecule has 2 heterocycles. The number of likely N-dealkylation sites (N-methyl/N-ethyl adjacent to an activating group) is 1. The molecule has 7 nitrogen and oxygen atoms in total. The van der Waals surface area contributed by atoms with Crippen molar-refractivity contribution in [2.75, 3.05) is 81.6 Å². The summed E-state index contributed by atoms with van der Waals surface area (Å²) in [5.41, 5.74) is 6.29. The topological polar surface area (TPSA) is 51.3 Å². The van der Waals surface area contributed by atoms with E-state index in [0.717, 1.165) is 69.5 Å². The largest absolute Gasteiger partial charge is 0.495 e. The number of nitrogens with one attached hydrogen (secondary N) is 1. The molecule has 0 saturated carbocycles. The standard InChI is InChI=1S/C27H37N5O2/c1-29-12-14-31(15-13-29)25-20-22(10-11-26(25)34-2)28-27(33)32-18-16-30(17-19-32)24-9-5-7-21-6-3-4-8-23(21)24/h5,7,9-11,20H,3-4,6,8,12-19H2,1-2H3,(H,28,33). The number of hydrogen-bond acceptors (Lipinski definition) is 5. The summed E-state index contributed by atoms with van der Waals surface area (Å²) >= 11 is 0. The van der Waals surface area contributed by atoms with Crippen molar-refractivity contribution < 1.29 is 9.53 Å². The maximum Gasteiger partial charge on any atom is 0.321 e. The molecule has 182 valence electrons. The lowest BCUT2D eigenvalue weighted by atomic mass is 9.90. The van der Waals surface area contributed by atoms with E-state index in [-0.39, 0.29) is 6.03 Å². The van der Waals surface area contributed by atoms with Gasteiger partial charge in [0.1, 0.15) is 5.75 Å². The summed E-state index contributed by atoms with van der Waals surface area (Å²) in [6.45, 7) is 7.17. The molecule has 0 spiro atoms. The smallest absolute Gasteiger partial charge is 0.321 e. The number of urea groups is 1. The molecule has 5 rings (SSSR count). The number of aryl methyl sites for hydroxylation is 1. The number of nitrogens with zero attached hydrogens (tertiary/aromatic N) is 4. The number of piperazine rings is 2. The van der Waals surface area contributed by atoms with Crippen molar-refractivity contribution in [1.29, 1.82) is 0 Å². The highest BCUT2D eigenvalue weighted by molar-refractivity contribution is 5.90. The molecular formula is C27H37N5O2. The second-order valence-corrected chi connectivity index (χ2v) is 9.70. The average molecular weight is 464 g/mol. The number of amides is 2. The highest BCUT2D eigenvalue weighted by Crippen LogP contribution is 2.33. The SMILES string of the molecule is COc1ccc(NC(=O)N2CCN(c3cccc4c3CCCC4)CC2)cc1N1CCN(C)CC1. The van der Waals surface area contributed by atoms with Crippen molar-refractivity contribution in [2.45, 2.75) is 25.7 Å². The zero-order valence-electron chi connectivity index (χ0n) is 20.6. The molecule has 34 heavy (non-hydrogen) atoms. The second kappa shape index (κ2) is 10.1. The van der Waals surface area contributed by atoms with Gasteiger partial charge in [-0.2, -0.15) is 0 Å². The van der Waals surface area contributed by atoms with Crippen molar-refractivity contribution in [2.24, 2.45) is 0 Å². The minimum Gasteiger partial charge on any atom is -0.495 e. The summed E-state index contributed by atoms with van der Waals surface area (Å²) in [5.74, 6) is 0.849. The number of carbonyl (C=O) groups is 1. The molecule has 1 aliphatic carbocycles. The average Bonchev–Trinajstić information content (AvgIpc) is 2.89. The number of carbonyl (C=O) groups excluding carboxylic acids is 1. The monoisotopic (exact) mass is 463 g/mol. The molecule has 2 amide bonds. The summed E-state index contributed by atoms with van der Waals surface area (Å²) in [7, 11) is 3.86. The second-order valence-electron chi connectivity index (χ2n) is 9.70. The van der Waals surface area contributed by atoms with Gasteiger partial charge in [0.05, 0.1) is 12.8 Å². The fourth-order valence-electron chi connectivity index (χ4n) is 5.47. The van der Waals surface area contributed by atoms with Crippen molar-refractivity contribution in [1.82, 2.24) is 9.80 Å². The first-order valence-electron chi connectivity index (χ1n) is 12.7. The molecule has 7 heteroatoms. The Kier molecular flexibility index (Phi) is 6.81. The minimum atomic E-state index is -0.0239. The highest BCUT2D eigenvalue weighted by atomic mass is 16.5. The van der Waals surface area contributed by atoms with Crippen LogP contribution >= 0.6 is 0 Å². The molecule has 0 unspecified atom stereocenters. The number of fused-ring (bicyclic) bond motifs is 1.